The predicted molar refractivity (Wildman–Crippen MR) is 83.8 cm³/mol. The molecule has 0 radical (unpaired) electrons. The van der Waals surface area contributed by atoms with Crippen LogP contribution in [0.5, 0.6) is 0 Å². The highest BCUT2D eigenvalue weighted by molar-refractivity contribution is 7.99. The Labute approximate surface area is 135 Å². The first-order valence-electron chi connectivity index (χ1n) is 6.55. The van der Waals surface area contributed by atoms with E-state index in [0.717, 1.165) is 0 Å². The molecular weight excluding hydrogens is 342 g/mol. The number of thioether (sulfide) groups is 1. The van der Waals surface area contributed by atoms with E-state index in [0.29, 0.717) is 22.0 Å². The summed E-state index contributed by atoms with van der Waals surface area (Å²) in [6.45, 7) is 0.232. The van der Waals surface area contributed by atoms with Gasteiger partial charge in [0, 0.05) is 19.3 Å². The maximum Gasteiger partial charge on any atom is 0.419 e. The van der Waals surface area contributed by atoms with Gasteiger partial charge in [0.25, 0.3) is 0 Å². The van der Waals surface area contributed by atoms with Crippen molar-refractivity contribution < 1.29 is 12.8 Å². The van der Waals surface area contributed by atoms with E-state index >= 15 is 0 Å². The molecule has 2 aromatic heterocycles. The molecule has 0 fully saturated rings. The Balaban J connectivity index is 1.71. The van der Waals surface area contributed by atoms with Gasteiger partial charge in [-0.3, -0.25) is 9.67 Å². The van der Waals surface area contributed by atoms with Gasteiger partial charge in [-0.05, 0) is 18.2 Å². The van der Waals surface area contributed by atoms with E-state index in [2.05, 4.69) is 19.9 Å². The molecule has 3 rings (SSSR count). The zero-order chi connectivity index (χ0) is 16.4. The van der Waals surface area contributed by atoms with Gasteiger partial charge in [0.1, 0.15) is 6.33 Å². The molecule has 2 heterocycles. The lowest BCUT2D eigenvalue weighted by atomic mass is 10.3. The number of H-pyrrole nitrogens is 1. The molecule has 0 amide bonds. The molecule has 0 saturated carbocycles. The van der Waals surface area contributed by atoms with E-state index in [1.54, 1.807) is 0 Å². The van der Waals surface area contributed by atoms with E-state index in [-0.39, 0.29) is 11.4 Å². The molecule has 2 N–H and O–H groups in total. The Morgan fingerprint density at radius 2 is 2.26 bits per heavy atom. The fraction of sp³-hybridized carbons (Fsp3) is 0.250. The second kappa shape index (κ2) is 6.18. The van der Waals surface area contributed by atoms with Crippen molar-refractivity contribution in [1.29, 1.82) is 0 Å². The lowest BCUT2D eigenvalue weighted by Crippen LogP contribution is -2.26. The van der Waals surface area contributed by atoms with E-state index in [1.807, 2.05) is 0 Å². The summed E-state index contributed by atoms with van der Waals surface area (Å²) < 4.78 is 33.3. The number of rotatable bonds is 6. The van der Waals surface area contributed by atoms with Crippen molar-refractivity contribution in [2.75, 3.05) is 12.3 Å². The van der Waals surface area contributed by atoms with Gasteiger partial charge in [-0.15, -0.1) is 0 Å². The van der Waals surface area contributed by atoms with Gasteiger partial charge in [-0.2, -0.15) is 5.10 Å². The van der Waals surface area contributed by atoms with E-state index in [4.69, 9.17) is 4.42 Å². The Morgan fingerprint density at radius 1 is 1.43 bits per heavy atom. The Bertz CT molecular complexity index is 975. The summed E-state index contributed by atoms with van der Waals surface area (Å²) in [6.07, 6.45) is 1.39. The van der Waals surface area contributed by atoms with Crippen LogP contribution in [0.25, 0.3) is 11.1 Å². The monoisotopic (exact) mass is 355 g/mol. The second-order valence-corrected chi connectivity index (χ2v) is 7.44. The van der Waals surface area contributed by atoms with E-state index in [9.17, 15) is 13.2 Å². The maximum atomic E-state index is 12.3. The van der Waals surface area contributed by atoms with Crippen LogP contribution in [0.3, 0.4) is 0 Å². The lowest BCUT2D eigenvalue weighted by Gasteiger charge is -2.06. The van der Waals surface area contributed by atoms with Crippen LogP contribution in [0, 0.1) is 0 Å². The van der Waals surface area contributed by atoms with Crippen LogP contribution in [0.2, 0.25) is 0 Å². The molecular formula is C12H13N5O4S2. The minimum Gasteiger partial charge on any atom is -0.408 e. The minimum absolute atomic E-state index is 0.0751. The summed E-state index contributed by atoms with van der Waals surface area (Å²) in [4.78, 5) is 15.4. The van der Waals surface area contributed by atoms with Crippen molar-refractivity contribution in [1.82, 2.24) is 24.5 Å². The van der Waals surface area contributed by atoms with Gasteiger partial charge in [0.15, 0.2) is 10.7 Å². The average molecular weight is 355 g/mol. The number of hydrogen-bond donors (Lipinski definition) is 2. The van der Waals surface area contributed by atoms with Crippen LogP contribution >= 0.6 is 11.8 Å². The number of fused-ring (bicyclic) bond motifs is 1. The number of aryl methyl sites for hydroxylation is 1. The molecule has 0 atom stereocenters. The number of nitrogens with one attached hydrogen (secondary N) is 2. The van der Waals surface area contributed by atoms with Crippen LogP contribution < -0.4 is 10.5 Å². The first kappa shape index (κ1) is 15.8. The molecule has 0 aliphatic rings. The highest BCUT2D eigenvalue weighted by Gasteiger charge is 2.16. The van der Waals surface area contributed by atoms with Crippen molar-refractivity contribution in [3.63, 3.8) is 0 Å². The first-order chi connectivity index (χ1) is 11.0. The Morgan fingerprint density at radius 3 is 3.00 bits per heavy atom. The average Bonchev–Trinajstić information content (AvgIpc) is 3.13. The van der Waals surface area contributed by atoms with Crippen LogP contribution in [0.4, 0.5) is 0 Å². The summed E-state index contributed by atoms with van der Waals surface area (Å²) in [5, 5.41) is 7.01. The number of hydrogen-bond acceptors (Lipinski definition) is 7. The summed E-state index contributed by atoms with van der Waals surface area (Å²) in [7, 11) is -2.15. The van der Waals surface area contributed by atoms with E-state index < -0.39 is 15.8 Å². The minimum atomic E-state index is -3.67. The molecule has 9 nitrogen and oxygen atoms in total. The molecule has 3 aromatic rings. The zero-order valence-corrected chi connectivity index (χ0v) is 13.6. The molecule has 0 unspecified atom stereocenters. The molecule has 0 aliphatic heterocycles. The maximum absolute atomic E-state index is 12.3. The van der Waals surface area contributed by atoms with Gasteiger partial charge in [0.2, 0.25) is 10.0 Å². The summed E-state index contributed by atoms with van der Waals surface area (Å²) >= 11 is 1.35. The summed E-state index contributed by atoms with van der Waals surface area (Å²) in [6, 6.07) is 4.28. The fourth-order valence-corrected chi connectivity index (χ4v) is 3.76. The molecule has 122 valence electrons. The molecule has 0 aliphatic carbocycles. The molecule has 0 bridgehead atoms. The largest absolute Gasteiger partial charge is 0.419 e. The van der Waals surface area contributed by atoms with Crippen molar-refractivity contribution in [2.45, 2.75) is 10.1 Å². The third kappa shape index (κ3) is 3.30. The normalized spacial score (nSPS) is 12.0. The van der Waals surface area contributed by atoms with Gasteiger partial charge in [-0.25, -0.2) is 22.9 Å². The van der Waals surface area contributed by atoms with Crippen LogP contribution in [-0.2, 0) is 17.1 Å². The fourth-order valence-electron chi connectivity index (χ4n) is 1.94. The van der Waals surface area contributed by atoms with Crippen LogP contribution in [0.15, 0.2) is 43.8 Å². The number of aromatic amines is 1. The zero-order valence-electron chi connectivity index (χ0n) is 12.0. The molecule has 1 aromatic carbocycles. The topological polar surface area (TPSA) is 123 Å². The third-order valence-electron chi connectivity index (χ3n) is 3.10. The quantitative estimate of drug-likeness (QED) is 0.482. The predicted octanol–water partition coefficient (Wildman–Crippen LogP) is 0.320. The standard InChI is InChI=1S/C12H13N5O4S2/c1-17-9-6-8(2-3-10(9)21-12(17)18)23(19,20)15-4-5-22-11-13-7-14-16-11/h2-3,6-7,15H,4-5H2,1H3,(H,13,14,16). The summed E-state index contributed by atoms with van der Waals surface area (Å²) in [5.74, 6) is -0.0353. The van der Waals surface area contributed by atoms with Gasteiger partial charge in [-0.1, -0.05) is 11.8 Å². The van der Waals surface area contributed by atoms with Crippen molar-refractivity contribution in [3.8, 4) is 0 Å². The van der Waals surface area contributed by atoms with Crippen molar-refractivity contribution >= 4 is 32.9 Å². The number of oxazole rings is 1. The molecule has 0 spiro atoms. The number of benzene rings is 1. The number of sulfonamides is 1. The lowest BCUT2D eigenvalue weighted by molar-refractivity contribution is 0.528. The van der Waals surface area contributed by atoms with E-state index in [1.165, 1.54) is 47.9 Å². The van der Waals surface area contributed by atoms with Gasteiger partial charge in [0.05, 0.1) is 10.4 Å². The Kier molecular flexibility index (Phi) is 4.24. The second-order valence-electron chi connectivity index (χ2n) is 4.59. The first-order valence-corrected chi connectivity index (χ1v) is 9.02. The van der Waals surface area contributed by atoms with Gasteiger partial charge >= 0.3 is 5.76 Å². The van der Waals surface area contributed by atoms with Gasteiger partial charge < -0.3 is 4.42 Å². The smallest absolute Gasteiger partial charge is 0.408 e. The number of nitrogens with zero attached hydrogens (tertiary/aromatic N) is 3. The molecule has 0 saturated heterocycles. The SMILES string of the molecule is Cn1c(=O)oc2ccc(S(=O)(=O)NCCSc3ncn[nH]3)cc21. The molecule has 23 heavy (non-hydrogen) atoms. The van der Waals surface area contributed by atoms with Crippen molar-refractivity contribution in [2.24, 2.45) is 7.05 Å². The number of aromatic nitrogens is 4. The molecule has 11 heteroatoms. The highest BCUT2D eigenvalue weighted by atomic mass is 32.2. The van der Waals surface area contributed by atoms with Crippen LogP contribution in [-0.4, -0.2) is 40.5 Å². The Hall–Kier alpha value is -2.11. The van der Waals surface area contributed by atoms with Crippen LogP contribution in [0.1, 0.15) is 0 Å². The summed E-state index contributed by atoms with van der Waals surface area (Å²) in [5.41, 5.74) is 0.770. The highest BCUT2D eigenvalue weighted by Crippen LogP contribution is 2.18. The van der Waals surface area contributed by atoms with Crippen molar-refractivity contribution in [3.05, 3.63) is 35.1 Å². The third-order valence-corrected chi connectivity index (χ3v) is 5.44.